The van der Waals surface area contributed by atoms with Gasteiger partial charge in [0.2, 0.25) is 5.95 Å². The third-order valence-electron chi connectivity index (χ3n) is 6.71. The highest BCUT2D eigenvalue weighted by molar-refractivity contribution is 5.98. The summed E-state index contributed by atoms with van der Waals surface area (Å²) in [6, 6.07) is 16.3. The maximum atomic E-state index is 12.1. The van der Waals surface area contributed by atoms with E-state index in [0.29, 0.717) is 18.3 Å². The second-order valence-corrected chi connectivity index (χ2v) is 9.21. The maximum Gasteiger partial charge on any atom is 0.254 e. The Morgan fingerprint density at radius 1 is 1.17 bits per heavy atom. The van der Waals surface area contributed by atoms with Crippen LogP contribution in [0.4, 0.5) is 17.5 Å². The van der Waals surface area contributed by atoms with Crippen molar-refractivity contribution in [2.45, 2.75) is 44.3 Å². The average Bonchev–Trinajstić information content (AvgIpc) is 3.27. The summed E-state index contributed by atoms with van der Waals surface area (Å²) < 4.78 is 7.53. The lowest BCUT2D eigenvalue weighted by Crippen LogP contribution is -2.43. The standard InChI is InChI=1S/C27H31N7O2/c1-36-20-6-4-5-17(13-20)16-34-12-11-18-9-10-19(14-24(18)34)31-26-21(25(29)35)15-30-27(33-26)32-23-8-3-2-7-22(23)28/h4-6,9-15,22-23H,2-3,7-8,16,28H2,1H3,(H2,29,35)(H2,30,31,32,33). The van der Waals surface area contributed by atoms with Gasteiger partial charge in [-0.05, 0) is 54.1 Å². The third kappa shape index (κ3) is 5.11. The molecule has 1 amide bonds. The van der Waals surface area contributed by atoms with Gasteiger partial charge in [-0.1, -0.05) is 31.0 Å². The molecule has 0 bridgehead atoms. The molecule has 9 heteroatoms. The third-order valence-corrected chi connectivity index (χ3v) is 6.71. The number of hydrogen-bond acceptors (Lipinski definition) is 7. The molecular formula is C27H31N7O2. The van der Waals surface area contributed by atoms with Gasteiger partial charge in [0.25, 0.3) is 5.91 Å². The normalized spacial score (nSPS) is 17.6. The number of carbonyl (C=O) groups is 1. The number of amides is 1. The van der Waals surface area contributed by atoms with Crippen molar-refractivity contribution >= 4 is 34.3 Å². The monoisotopic (exact) mass is 485 g/mol. The van der Waals surface area contributed by atoms with Gasteiger partial charge >= 0.3 is 0 Å². The molecule has 4 aromatic rings. The molecular weight excluding hydrogens is 454 g/mol. The molecule has 2 aromatic heterocycles. The van der Waals surface area contributed by atoms with E-state index < -0.39 is 5.91 Å². The molecule has 0 aliphatic heterocycles. The Morgan fingerprint density at radius 2 is 2.03 bits per heavy atom. The predicted molar refractivity (Wildman–Crippen MR) is 142 cm³/mol. The topological polar surface area (TPSA) is 133 Å². The number of nitrogens with two attached hydrogens (primary N) is 2. The van der Waals surface area contributed by atoms with Crippen molar-refractivity contribution < 1.29 is 9.53 Å². The minimum absolute atomic E-state index is 0.0503. The first-order chi connectivity index (χ1) is 17.5. The van der Waals surface area contributed by atoms with Gasteiger partial charge < -0.3 is 31.4 Å². The number of fused-ring (bicyclic) bond motifs is 1. The molecule has 0 radical (unpaired) electrons. The van der Waals surface area contributed by atoms with Crippen LogP contribution < -0.4 is 26.8 Å². The summed E-state index contributed by atoms with van der Waals surface area (Å²) in [4.78, 5) is 21.0. The average molecular weight is 486 g/mol. The van der Waals surface area contributed by atoms with E-state index in [2.05, 4.69) is 43.5 Å². The van der Waals surface area contributed by atoms with Crippen LogP contribution in [0.3, 0.4) is 0 Å². The van der Waals surface area contributed by atoms with Gasteiger partial charge in [-0.15, -0.1) is 0 Å². The first-order valence-electron chi connectivity index (χ1n) is 12.2. The van der Waals surface area contributed by atoms with Crippen molar-refractivity contribution in [3.05, 3.63) is 72.1 Å². The van der Waals surface area contributed by atoms with Gasteiger partial charge in [0.05, 0.1) is 12.6 Å². The number of benzene rings is 2. The number of primary amides is 1. The zero-order valence-corrected chi connectivity index (χ0v) is 20.3. The lowest BCUT2D eigenvalue weighted by Gasteiger charge is -2.29. The molecule has 186 valence electrons. The van der Waals surface area contributed by atoms with Crippen LogP contribution in [0.25, 0.3) is 10.9 Å². The van der Waals surface area contributed by atoms with E-state index in [1.165, 1.54) is 6.20 Å². The minimum Gasteiger partial charge on any atom is -0.497 e. The molecule has 5 rings (SSSR count). The number of anilines is 3. The molecule has 2 atom stereocenters. The minimum atomic E-state index is -0.596. The summed E-state index contributed by atoms with van der Waals surface area (Å²) in [7, 11) is 1.67. The second-order valence-electron chi connectivity index (χ2n) is 9.21. The molecule has 1 aliphatic rings. The first kappa shape index (κ1) is 23.6. The van der Waals surface area contributed by atoms with E-state index in [-0.39, 0.29) is 17.6 Å². The van der Waals surface area contributed by atoms with Crippen LogP contribution in [0.2, 0.25) is 0 Å². The van der Waals surface area contributed by atoms with Crippen molar-refractivity contribution in [3.63, 3.8) is 0 Å². The molecule has 36 heavy (non-hydrogen) atoms. The van der Waals surface area contributed by atoms with E-state index in [1.807, 2.05) is 36.4 Å². The largest absolute Gasteiger partial charge is 0.497 e. The molecule has 6 N–H and O–H groups in total. The summed E-state index contributed by atoms with van der Waals surface area (Å²) in [5.41, 5.74) is 15.1. The zero-order valence-electron chi connectivity index (χ0n) is 20.3. The highest BCUT2D eigenvalue weighted by Crippen LogP contribution is 2.27. The number of nitrogens with zero attached hydrogens (tertiary/aromatic N) is 3. The molecule has 1 aliphatic carbocycles. The Hall–Kier alpha value is -4.11. The number of methoxy groups -OCH3 is 1. The first-order valence-corrected chi connectivity index (χ1v) is 12.2. The van der Waals surface area contributed by atoms with Crippen molar-refractivity contribution in [1.29, 1.82) is 0 Å². The van der Waals surface area contributed by atoms with Crippen molar-refractivity contribution in [3.8, 4) is 5.75 Å². The van der Waals surface area contributed by atoms with Gasteiger partial charge in [0, 0.05) is 36.7 Å². The molecule has 9 nitrogen and oxygen atoms in total. The number of carbonyl (C=O) groups excluding carboxylic acids is 1. The van der Waals surface area contributed by atoms with Crippen LogP contribution in [0.1, 0.15) is 41.6 Å². The number of nitrogens with one attached hydrogen (secondary N) is 2. The fourth-order valence-electron chi connectivity index (χ4n) is 4.74. The van der Waals surface area contributed by atoms with Gasteiger partial charge in [0.1, 0.15) is 17.1 Å². The molecule has 0 saturated heterocycles. The summed E-state index contributed by atoms with van der Waals surface area (Å²) in [6.07, 6.45) is 7.70. The summed E-state index contributed by atoms with van der Waals surface area (Å²) in [5.74, 6) is 1.01. The Balaban J connectivity index is 1.41. The highest BCUT2D eigenvalue weighted by atomic mass is 16.5. The fourth-order valence-corrected chi connectivity index (χ4v) is 4.74. The van der Waals surface area contributed by atoms with Crippen molar-refractivity contribution in [2.24, 2.45) is 11.5 Å². The van der Waals surface area contributed by atoms with Gasteiger partial charge in [0.15, 0.2) is 0 Å². The SMILES string of the molecule is COc1cccc(Cn2ccc3ccc(Nc4nc(NC5CCCCC5N)ncc4C(N)=O)cc32)c1. The van der Waals surface area contributed by atoms with Crippen LogP contribution in [-0.2, 0) is 6.54 Å². The predicted octanol–water partition coefficient (Wildman–Crippen LogP) is 4.01. The zero-order chi connectivity index (χ0) is 25.1. The molecule has 1 saturated carbocycles. The Morgan fingerprint density at radius 3 is 2.83 bits per heavy atom. The van der Waals surface area contributed by atoms with Crippen LogP contribution in [-0.4, -0.2) is 39.6 Å². The summed E-state index contributed by atoms with van der Waals surface area (Å²) in [5, 5.41) is 7.72. The fraction of sp³-hybridized carbons (Fsp3) is 0.296. The summed E-state index contributed by atoms with van der Waals surface area (Å²) >= 11 is 0. The number of rotatable bonds is 8. The van der Waals surface area contributed by atoms with Gasteiger partial charge in [-0.2, -0.15) is 4.98 Å². The van der Waals surface area contributed by atoms with Crippen molar-refractivity contribution in [2.75, 3.05) is 17.7 Å². The summed E-state index contributed by atoms with van der Waals surface area (Å²) in [6.45, 7) is 0.694. The number of ether oxygens (including phenoxy) is 1. The van der Waals surface area contributed by atoms with Gasteiger partial charge in [-0.3, -0.25) is 4.79 Å². The smallest absolute Gasteiger partial charge is 0.254 e. The molecule has 2 unspecified atom stereocenters. The van der Waals surface area contributed by atoms with Crippen molar-refractivity contribution in [1.82, 2.24) is 14.5 Å². The molecule has 0 spiro atoms. The molecule has 1 fully saturated rings. The van der Waals surface area contributed by atoms with E-state index in [4.69, 9.17) is 16.2 Å². The Labute approximate surface area is 209 Å². The Kier molecular flexibility index (Phi) is 6.73. The van der Waals surface area contributed by atoms with Crippen LogP contribution in [0.5, 0.6) is 5.75 Å². The van der Waals surface area contributed by atoms with E-state index in [1.54, 1.807) is 7.11 Å². The number of aromatic nitrogens is 3. The van der Waals surface area contributed by atoms with E-state index in [0.717, 1.165) is 53.6 Å². The maximum absolute atomic E-state index is 12.1. The van der Waals surface area contributed by atoms with E-state index >= 15 is 0 Å². The lowest BCUT2D eigenvalue weighted by molar-refractivity contribution is 0.100. The Bertz CT molecular complexity index is 1380. The van der Waals surface area contributed by atoms with Crippen LogP contribution >= 0.6 is 0 Å². The van der Waals surface area contributed by atoms with Crippen LogP contribution in [0.15, 0.2) is 60.9 Å². The van der Waals surface area contributed by atoms with E-state index in [9.17, 15) is 4.79 Å². The second kappa shape index (κ2) is 10.2. The quantitative estimate of drug-likeness (QED) is 0.296. The highest BCUT2D eigenvalue weighted by Gasteiger charge is 2.23. The molecule has 2 aromatic carbocycles. The molecule has 2 heterocycles. The number of hydrogen-bond donors (Lipinski definition) is 4. The van der Waals surface area contributed by atoms with Gasteiger partial charge in [-0.25, -0.2) is 4.98 Å². The van der Waals surface area contributed by atoms with Crippen LogP contribution in [0, 0.1) is 0 Å². The lowest BCUT2D eigenvalue weighted by atomic mass is 9.91.